The van der Waals surface area contributed by atoms with E-state index >= 15 is 0 Å². The Balaban J connectivity index is 0.000000299. The van der Waals surface area contributed by atoms with Crippen LogP contribution in [0.2, 0.25) is 0 Å². The fourth-order valence-electron chi connectivity index (χ4n) is 2.99. The van der Waals surface area contributed by atoms with Crippen molar-refractivity contribution in [3.8, 4) is 0 Å². The van der Waals surface area contributed by atoms with Crippen molar-refractivity contribution in [3.63, 3.8) is 0 Å². The highest BCUT2D eigenvalue weighted by atomic mass is 35.5. The first-order valence-electron chi connectivity index (χ1n) is 11.5. The Morgan fingerprint density at radius 1 is 0.868 bits per heavy atom. The Morgan fingerprint density at radius 2 is 1.39 bits per heavy atom. The van der Waals surface area contributed by atoms with Crippen molar-refractivity contribution in [1.29, 1.82) is 0 Å². The topological polar surface area (TPSA) is 149 Å². The summed E-state index contributed by atoms with van der Waals surface area (Å²) in [5, 5.41) is 35.3. The number of carbonyl (C=O) groups excluding carboxylic acids is 1. The molecule has 0 amide bonds. The number of rotatable bonds is 10. The number of alkyl halides is 1. The third kappa shape index (κ3) is 11.9. The number of hydrogen-bond donors (Lipinski definition) is 6. The van der Waals surface area contributed by atoms with Gasteiger partial charge in [-0.3, -0.25) is 4.79 Å². The van der Waals surface area contributed by atoms with E-state index in [1.807, 2.05) is 31.3 Å². The quantitative estimate of drug-likeness (QED) is 0.123. The molecule has 6 N–H and O–H groups in total. The minimum atomic E-state index is -1.20. The van der Waals surface area contributed by atoms with Crippen LogP contribution in [0.15, 0.2) is 72.8 Å². The number of anilines is 3. The van der Waals surface area contributed by atoms with Crippen LogP contribution in [0.5, 0.6) is 0 Å². The summed E-state index contributed by atoms with van der Waals surface area (Å²) in [6.45, 7) is 1.56. The molecular formula is C27H34ClN3O7. The zero-order chi connectivity index (χ0) is 28.3. The van der Waals surface area contributed by atoms with Gasteiger partial charge in [-0.05, 0) is 24.3 Å². The molecule has 0 spiro atoms. The molecule has 0 radical (unpaired) electrons. The second-order valence-corrected chi connectivity index (χ2v) is 7.59. The van der Waals surface area contributed by atoms with Gasteiger partial charge in [0.15, 0.2) is 0 Å². The maximum absolute atomic E-state index is 10.7. The van der Waals surface area contributed by atoms with E-state index in [-0.39, 0.29) is 25.2 Å². The molecule has 0 saturated heterocycles. The molecule has 0 fully saturated rings. The van der Waals surface area contributed by atoms with Crippen molar-refractivity contribution < 1.29 is 34.4 Å². The van der Waals surface area contributed by atoms with E-state index in [1.165, 1.54) is 6.92 Å². The van der Waals surface area contributed by atoms with Gasteiger partial charge < -0.3 is 40.7 Å². The van der Waals surface area contributed by atoms with E-state index < -0.39 is 12.4 Å². The molecule has 1 unspecified atom stereocenters. The Hall–Kier alpha value is -3.83. The number of hydrogen-bond acceptors (Lipinski definition) is 9. The molecule has 3 rings (SSSR count). The van der Waals surface area contributed by atoms with Crippen LogP contribution in [-0.4, -0.2) is 53.8 Å². The van der Waals surface area contributed by atoms with E-state index in [2.05, 4.69) is 16.0 Å². The number of carbonyl (C=O) groups is 2. The molecule has 0 heterocycles. The molecule has 0 aliphatic rings. The van der Waals surface area contributed by atoms with Crippen LogP contribution in [0.3, 0.4) is 0 Å². The largest absolute Gasteiger partial charge is 0.478 e. The lowest BCUT2D eigenvalue weighted by molar-refractivity contribution is -0.142. The van der Waals surface area contributed by atoms with Crippen molar-refractivity contribution in [2.75, 3.05) is 36.1 Å². The monoisotopic (exact) mass is 547 g/mol. The second kappa shape index (κ2) is 18.4. The molecule has 0 aromatic heterocycles. The number of para-hydroxylation sites is 3. The third-order valence-corrected chi connectivity index (χ3v) is 4.96. The SMILES string of the molecule is CC(=O)OCc1ccccc1NC(O)OCCl.CNc1ccccc1C(=O)O.CNc1ccccc1CO. The van der Waals surface area contributed by atoms with Gasteiger partial charge in [0.05, 0.1) is 12.2 Å². The van der Waals surface area contributed by atoms with E-state index in [1.54, 1.807) is 55.6 Å². The van der Waals surface area contributed by atoms with Crippen molar-refractivity contribution >= 4 is 40.6 Å². The average molecular weight is 548 g/mol. The summed E-state index contributed by atoms with van der Waals surface area (Å²) >= 11 is 5.31. The molecule has 0 bridgehead atoms. The molecule has 0 aliphatic carbocycles. The molecule has 3 aromatic rings. The zero-order valence-corrected chi connectivity index (χ0v) is 22.2. The molecule has 0 saturated carbocycles. The Morgan fingerprint density at radius 3 is 1.87 bits per heavy atom. The van der Waals surface area contributed by atoms with Crippen LogP contribution in [0.4, 0.5) is 17.1 Å². The van der Waals surface area contributed by atoms with E-state index in [0.29, 0.717) is 16.9 Å². The van der Waals surface area contributed by atoms with Gasteiger partial charge in [-0.25, -0.2) is 4.79 Å². The Labute approximate surface area is 227 Å². The second-order valence-electron chi connectivity index (χ2n) is 7.38. The number of halogens is 1. The standard InChI is InChI=1S/C11H14ClNO4.C8H9NO2.C8H11NO/c1-8(14)16-6-9-4-2-3-5-10(9)13-11(15)17-7-12;1-9-7-5-3-2-4-6(7)8(10)11;1-9-8-5-3-2-4-7(8)6-10/h2-5,11,13,15H,6-7H2,1H3;2-5,9H,1H3,(H,10,11);2-5,9-10H,6H2,1H3. The summed E-state index contributed by atoms with van der Waals surface area (Å²) in [6, 6.07) is 21.4. The summed E-state index contributed by atoms with van der Waals surface area (Å²) in [6.07, 6.45) is -1.20. The third-order valence-electron chi connectivity index (χ3n) is 4.83. The van der Waals surface area contributed by atoms with Gasteiger partial charge in [0.25, 0.3) is 0 Å². The summed E-state index contributed by atoms with van der Waals surface area (Å²) < 4.78 is 9.61. The number of benzene rings is 3. The minimum Gasteiger partial charge on any atom is -0.478 e. The van der Waals surface area contributed by atoms with Crippen LogP contribution >= 0.6 is 11.6 Å². The summed E-state index contributed by atoms with van der Waals surface area (Å²) in [5.74, 6) is -1.27. The molecule has 11 heteroatoms. The predicted molar refractivity (Wildman–Crippen MR) is 148 cm³/mol. The van der Waals surface area contributed by atoms with Crippen LogP contribution in [0, 0.1) is 0 Å². The average Bonchev–Trinajstić information content (AvgIpc) is 2.93. The van der Waals surface area contributed by atoms with Gasteiger partial charge in [-0.2, -0.15) is 0 Å². The highest BCUT2D eigenvalue weighted by molar-refractivity contribution is 6.17. The lowest BCUT2D eigenvalue weighted by atomic mass is 10.2. The Kier molecular flexibility index (Phi) is 15.6. The summed E-state index contributed by atoms with van der Waals surface area (Å²) in [5.41, 5.74) is 4.22. The smallest absolute Gasteiger partial charge is 0.337 e. The zero-order valence-electron chi connectivity index (χ0n) is 21.5. The van der Waals surface area contributed by atoms with Gasteiger partial charge in [0.2, 0.25) is 6.41 Å². The van der Waals surface area contributed by atoms with E-state index in [9.17, 15) is 14.7 Å². The van der Waals surface area contributed by atoms with Crippen molar-refractivity contribution in [3.05, 3.63) is 89.5 Å². The van der Waals surface area contributed by atoms with Gasteiger partial charge >= 0.3 is 11.9 Å². The van der Waals surface area contributed by atoms with Crippen LogP contribution < -0.4 is 16.0 Å². The first-order chi connectivity index (χ1) is 18.3. The minimum absolute atomic E-state index is 0.0943. The maximum Gasteiger partial charge on any atom is 0.337 e. The fraction of sp³-hybridized carbons (Fsp3) is 0.259. The van der Waals surface area contributed by atoms with E-state index in [4.69, 9.17) is 31.3 Å². The molecule has 1 atom stereocenters. The summed E-state index contributed by atoms with van der Waals surface area (Å²) in [7, 11) is 3.54. The molecule has 206 valence electrons. The molecular weight excluding hydrogens is 514 g/mol. The number of carboxylic acid groups (broad SMARTS) is 1. The van der Waals surface area contributed by atoms with Crippen molar-refractivity contribution in [2.45, 2.75) is 26.6 Å². The van der Waals surface area contributed by atoms with Crippen LogP contribution in [0.25, 0.3) is 0 Å². The first-order valence-corrected chi connectivity index (χ1v) is 12.0. The van der Waals surface area contributed by atoms with Crippen LogP contribution in [0.1, 0.15) is 28.4 Å². The molecule has 3 aromatic carbocycles. The maximum atomic E-state index is 10.7. The number of aromatic carboxylic acids is 1. The highest BCUT2D eigenvalue weighted by Crippen LogP contribution is 2.17. The molecule has 10 nitrogen and oxygen atoms in total. The van der Waals surface area contributed by atoms with Gasteiger partial charge in [0.1, 0.15) is 12.7 Å². The van der Waals surface area contributed by atoms with Gasteiger partial charge in [-0.1, -0.05) is 60.1 Å². The van der Waals surface area contributed by atoms with Crippen molar-refractivity contribution in [1.82, 2.24) is 0 Å². The predicted octanol–water partition coefficient (Wildman–Crippen LogP) is 4.30. The fourth-order valence-corrected chi connectivity index (χ4v) is 3.11. The molecule has 0 aliphatic heterocycles. The molecule has 38 heavy (non-hydrogen) atoms. The normalized spacial score (nSPS) is 10.5. The lowest BCUT2D eigenvalue weighted by Crippen LogP contribution is -2.22. The van der Waals surface area contributed by atoms with E-state index in [0.717, 1.165) is 16.8 Å². The number of aliphatic hydroxyl groups is 2. The van der Waals surface area contributed by atoms with Gasteiger partial charge in [0, 0.05) is 49.2 Å². The number of esters is 1. The lowest BCUT2D eigenvalue weighted by Gasteiger charge is -2.16. The number of ether oxygens (including phenoxy) is 2. The number of nitrogens with one attached hydrogen (secondary N) is 3. The van der Waals surface area contributed by atoms with Crippen molar-refractivity contribution in [2.24, 2.45) is 0 Å². The Bertz CT molecular complexity index is 1110. The number of aliphatic hydroxyl groups excluding tert-OH is 2. The van der Waals surface area contributed by atoms with Gasteiger partial charge in [-0.15, -0.1) is 0 Å². The number of carboxylic acids is 1. The van der Waals surface area contributed by atoms with Crippen LogP contribution in [-0.2, 0) is 27.5 Å². The highest BCUT2D eigenvalue weighted by Gasteiger charge is 2.08. The first kappa shape index (κ1) is 32.2. The summed E-state index contributed by atoms with van der Waals surface area (Å²) in [4.78, 5) is 21.3.